The van der Waals surface area contributed by atoms with Crippen molar-refractivity contribution < 1.29 is 13.2 Å². The lowest BCUT2D eigenvalue weighted by atomic mass is 10.2. The fraction of sp³-hybridized carbons (Fsp3) is 0.417. The summed E-state index contributed by atoms with van der Waals surface area (Å²) in [6.07, 6.45) is 0. The molecule has 0 saturated carbocycles. The maximum Gasteiger partial charge on any atom is 0.246 e. The van der Waals surface area contributed by atoms with Gasteiger partial charge < -0.3 is 5.32 Å². The number of amides is 1. The van der Waals surface area contributed by atoms with Crippen molar-refractivity contribution in [1.82, 2.24) is 0 Å². The molecule has 0 bridgehead atoms. The fourth-order valence-electron chi connectivity index (χ4n) is 1.38. The van der Waals surface area contributed by atoms with Crippen LogP contribution in [0.5, 0.6) is 0 Å². The molecule has 1 unspecified atom stereocenters. The van der Waals surface area contributed by atoms with E-state index in [1.807, 2.05) is 0 Å². The number of hydrogen-bond donors (Lipinski definition) is 1. The van der Waals surface area contributed by atoms with E-state index in [9.17, 15) is 13.2 Å². The Morgan fingerprint density at radius 2 is 1.84 bits per heavy atom. The zero-order valence-corrected chi connectivity index (χ0v) is 12.9. The number of carbonyl (C=O) groups is 1. The van der Waals surface area contributed by atoms with Gasteiger partial charge in [0.15, 0.2) is 9.84 Å². The molecule has 1 aromatic carbocycles. The van der Waals surface area contributed by atoms with Gasteiger partial charge >= 0.3 is 0 Å². The summed E-state index contributed by atoms with van der Waals surface area (Å²) in [5.74, 6) is -1.02. The first-order valence-corrected chi connectivity index (χ1v) is 8.20. The molecule has 1 rings (SSSR count). The molecule has 0 aliphatic carbocycles. The van der Waals surface area contributed by atoms with Gasteiger partial charge in [0.2, 0.25) is 5.91 Å². The van der Waals surface area contributed by atoms with Crippen LogP contribution in [-0.4, -0.2) is 30.7 Å². The molecule has 1 aromatic rings. The number of halogens is 2. The normalized spacial score (nSPS) is 14.7. The van der Waals surface area contributed by atoms with Crippen LogP contribution in [0.4, 0.5) is 5.69 Å². The minimum Gasteiger partial charge on any atom is -0.325 e. The highest BCUT2D eigenvalue weighted by molar-refractivity contribution is 7.91. The van der Waals surface area contributed by atoms with Crippen LogP contribution in [-0.2, 0) is 14.6 Å². The van der Waals surface area contributed by atoms with Crippen LogP contribution in [0.15, 0.2) is 24.3 Å². The van der Waals surface area contributed by atoms with Crippen LogP contribution in [0.3, 0.4) is 0 Å². The van der Waals surface area contributed by atoms with Crippen molar-refractivity contribution in [3.05, 3.63) is 29.3 Å². The predicted molar refractivity (Wildman–Crippen MR) is 78.7 cm³/mol. The number of nitrogens with one attached hydrogen (secondary N) is 1. The van der Waals surface area contributed by atoms with E-state index in [2.05, 4.69) is 5.32 Å². The first-order chi connectivity index (χ1) is 8.66. The van der Waals surface area contributed by atoms with Gasteiger partial charge in [-0.25, -0.2) is 8.42 Å². The lowest BCUT2D eigenvalue weighted by Gasteiger charge is -2.20. The molecule has 19 heavy (non-hydrogen) atoms. The van der Waals surface area contributed by atoms with Crippen molar-refractivity contribution >= 4 is 44.6 Å². The molecule has 1 atom stereocenters. The molecule has 0 aliphatic rings. The molecular weight excluding hydrogens is 309 g/mol. The minimum atomic E-state index is -3.34. The van der Waals surface area contributed by atoms with Gasteiger partial charge in [0.25, 0.3) is 0 Å². The van der Waals surface area contributed by atoms with Gasteiger partial charge in [0.1, 0.15) is 4.87 Å². The van der Waals surface area contributed by atoms with Crippen LogP contribution in [0.25, 0.3) is 0 Å². The molecule has 0 spiro atoms. The van der Waals surface area contributed by atoms with Crippen molar-refractivity contribution in [2.45, 2.75) is 18.7 Å². The van der Waals surface area contributed by atoms with Gasteiger partial charge in [-0.05, 0) is 31.2 Å². The number of sulfone groups is 1. The maximum absolute atomic E-state index is 12.0. The van der Waals surface area contributed by atoms with Crippen LogP contribution < -0.4 is 5.32 Å². The molecule has 1 N–H and O–H groups in total. The van der Waals surface area contributed by atoms with E-state index in [-0.39, 0.29) is 5.75 Å². The Morgan fingerprint density at radius 3 is 2.32 bits per heavy atom. The fourth-order valence-corrected chi connectivity index (χ4v) is 3.21. The van der Waals surface area contributed by atoms with Gasteiger partial charge in [-0.2, -0.15) is 0 Å². The van der Waals surface area contributed by atoms with Crippen molar-refractivity contribution in [3.8, 4) is 0 Å². The Morgan fingerprint density at radius 1 is 1.32 bits per heavy atom. The molecule has 0 fully saturated rings. The summed E-state index contributed by atoms with van der Waals surface area (Å²) >= 11 is 11.7. The second-order valence-corrected chi connectivity index (χ2v) is 7.96. The molecule has 7 heteroatoms. The molecule has 106 valence electrons. The Balaban J connectivity index is 2.79. The van der Waals surface area contributed by atoms with Crippen molar-refractivity contribution in [1.29, 1.82) is 0 Å². The Bertz CT molecular complexity index is 553. The largest absolute Gasteiger partial charge is 0.325 e. The van der Waals surface area contributed by atoms with Crippen LogP contribution in [0.2, 0.25) is 5.02 Å². The smallest absolute Gasteiger partial charge is 0.246 e. The summed E-state index contributed by atoms with van der Waals surface area (Å²) in [5.41, 5.74) is 0.509. The zero-order chi connectivity index (χ0) is 14.7. The van der Waals surface area contributed by atoms with E-state index in [0.717, 1.165) is 0 Å². The summed E-state index contributed by atoms with van der Waals surface area (Å²) in [4.78, 5) is 10.5. The van der Waals surface area contributed by atoms with Crippen molar-refractivity contribution in [2.24, 2.45) is 0 Å². The summed E-state index contributed by atoms with van der Waals surface area (Å²) in [5, 5.41) is 3.10. The van der Waals surface area contributed by atoms with E-state index in [1.165, 1.54) is 13.8 Å². The SMILES string of the molecule is CCS(=O)(=O)CC(C)(Cl)C(=O)Nc1ccc(Cl)cc1. The zero-order valence-electron chi connectivity index (χ0n) is 10.6. The number of anilines is 1. The van der Waals surface area contributed by atoms with Gasteiger partial charge in [-0.15, -0.1) is 11.6 Å². The highest BCUT2D eigenvalue weighted by Gasteiger charge is 2.35. The molecule has 1 amide bonds. The standard InChI is InChI=1S/C12H15Cl2NO3S/c1-3-19(17,18)8-12(2,14)11(16)15-10-6-4-9(13)5-7-10/h4-7H,3,8H2,1-2H3,(H,15,16). The number of hydrogen-bond acceptors (Lipinski definition) is 3. The lowest BCUT2D eigenvalue weighted by Crippen LogP contribution is -2.41. The van der Waals surface area contributed by atoms with Gasteiger partial charge in [0, 0.05) is 16.5 Å². The quantitative estimate of drug-likeness (QED) is 0.847. The van der Waals surface area contributed by atoms with E-state index >= 15 is 0 Å². The highest BCUT2D eigenvalue weighted by Crippen LogP contribution is 2.21. The average Bonchev–Trinajstić information content (AvgIpc) is 2.31. The van der Waals surface area contributed by atoms with Crippen molar-refractivity contribution in [2.75, 3.05) is 16.8 Å². The molecule has 0 aliphatic heterocycles. The first kappa shape index (κ1) is 16.3. The third-order valence-corrected chi connectivity index (χ3v) is 5.12. The topological polar surface area (TPSA) is 63.2 Å². The molecule has 0 heterocycles. The summed E-state index contributed by atoms with van der Waals surface area (Å²) in [6.45, 7) is 2.90. The molecule has 0 radical (unpaired) electrons. The second-order valence-electron chi connectivity index (χ2n) is 4.34. The Labute approximate surface area is 123 Å². The minimum absolute atomic E-state index is 0.0520. The van der Waals surface area contributed by atoms with E-state index in [4.69, 9.17) is 23.2 Å². The van der Waals surface area contributed by atoms with E-state index in [0.29, 0.717) is 10.7 Å². The Hall–Kier alpha value is -0.780. The lowest BCUT2D eigenvalue weighted by molar-refractivity contribution is -0.117. The Kier molecular flexibility index (Phi) is 5.24. The van der Waals surface area contributed by atoms with Gasteiger partial charge in [-0.3, -0.25) is 4.79 Å². The average molecular weight is 324 g/mol. The first-order valence-electron chi connectivity index (χ1n) is 5.62. The third kappa shape index (κ3) is 5.01. The van der Waals surface area contributed by atoms with E-state index in [1.54, 1.807) is 24.3 Å². The second kappa shape index (κ2) is 6.11. The maximum atomic E-state index is 12.0. The summed E-state index contributed by atoms with van der Waals surface area (Å²) in [6, 6.07) is 6.46. The molecule has 0 aromatic heterocycles. The van der Waals surface area contributed by atoms with Gasteiger partial charge in [-0.1, -0.05) is 18.5 Å². The predicted octanol–water partition coefficient (Wildman–Crippen LogP) is 2.71. The summed E-state index contributed by atoms with van der Waals surface area (Å²) < 4.78 is 23.1. The van der Waals surface area contributed by atoms with Crippen molar-refractivity contribution in [3.63, 3.8) is 0 Å². The highest BCUT2D eigenvalue weighted by atomic mass is 35.5. The number of rotatable bonds is 5. The number of alkyl halides is 1. The third-order valence-electron chi connectivity index (χ3n) is 2.51. The van der Waals surface area contributed by atoms with Crippen LogP contribution >= 0.6 is 23.2 Å². The monoisotopic (exact) mass is 323 g/mol. The summed E-state index contributed by atoms with van der Waals surface area (Å²) in [7, 11) is -3.34. The van der Waals surface area contributed by atoms with Gasteiger partial charge in [0.05, 0.1) is 5.75 Å². The van der Waals surface area contributed by atoms with E-state index < -0.39 is 26.4 Å². The number of benzene rings is 1. The van der Waals surface area contributed by atoms with Crippen LogP contribution in [0.1, 0.15) is 13.8 Å². The number of carbonyl (C=O) groups excluding carboxylic acids is 1. The van der Waals surface area contributed by atoms with Crippen LogP contribution in [0, 0.1) is 0 Å². The molecule has 0 saturated heterocycles. The molecule has 4 nitrogen and oxygen atoms in total. The molecular formula is C12H15Cl2NO3S.